The van der Waals surface area contributed by atoms with Gasteiger partial charge in [-0.15, -0.1) is 11.6 Å². The third-order valence-electron chi connectivity index (χ3n) is 1.13. The van der Waals surface area contributed by atoms with Gasteiger partial charge in [0.25, 0.3) is 0 Å². The molecule has 0 saturated carbocycles. The minimum atomic E-state index is -0.336. The van der Waals surface area contributed by atoms with Crippen LogP contribution < -0.4 is 0 Å². The minimum absolute atomic E-state index is 0.336. The maximum atomic E-state index is 10.8. The number of ether oxygens (including phenoxy) is 1. The largest absolute Gasteiger partial charge is 0.461 e. The molecule has 4 heteroatoms. The number of likely N-dealkylation sites (N-methyl/N-ethyl adjacent to an activating group) is 1. The SMILES string of the molecule is CN(C)CCOC(=O)C=CCCl. The Hall–Kier alpha value is -0.540. The fraction of sp³-hybridized carbons (Fsp3) is 0.625. The Kier molecular flexibility index (Phi) is 6.81. The van der Waals surface area contributed by atoms with Crippen LogP contribution in [-0.4, -0.2) is 44.0 Å². The van der Waals surface area contributed by atoms with E-state index >= 15 is 0 Å². The van der Waals surface area contributed by atoms with Crippen LogP contribution in [0.15, 0.2) is 12.2 Å². The van der Waals surface area contributed by atoms with E-state index in [4.69, 9.17) is 16.3 Å². The van der Waals surface area contributed by atoms with Crippen LogP contribution in [0.25, 0.3) is 0 Å². The second-order valence-corrected chi connectivity index (χ2v) is 2.84. The summed E-state index contributed by atoms with van der Waals surface area (Å²) in [5, 5.41) is 0. The fourth-order valence-electron chi connectivity index (χ4n) is 0.518. The second kappa shape index (κ2) is 7.13. The van der Waals surface area contributed by atoms with Crippen molar-refractivity contribution in [3.63, 3.8) is 0 Å². The smallest absolute Gasteiger partial charge is 0.330 e. The van der Waals surface area contributed by atoms with E-state index in [1.807, 2.05) is 19.0 Å². The molecule has 0 spiro atoms. The number of alkyl halides is 1. The molecule has 0 heterocycles. The average Bonchev–Trinajstić information content (AvgIpc) is 2.00. The molecule has 70 valence electrons. The van der Waals surface area contributed by atoms with Crippen molar-refractivity contribution >= 4 is 17.6 Å². The summed E-state index contributed by atoms with van der Waals surface area (Å²) in [7, 11) is 3.84. The molecule has 0 aromatic heterocycles. The Labute approximate surface area is 77.9 Å². The number of carbonyl (C=O) groups is 1. The number of halogens is 1. The van der Waals surface area contributed by atoms with Gasteiger partial charge in [-0.1, -0.05) is 6.08 Å². The van der Waals surface area contributed by atoms with Gasteiger partial charge in [0, 0.05) is 18.5 Å². The van der Waals surface area contributed by atoms with Gasteiger partial charge in [-0.25, -0.2) is 4.79 Å². The van der Waals surface area contributed by atoms with Crippen molar-refractivity contribution in [2.45, 2.75) is 0 Å². The summed E-state index contributed by atoms with van der Waals surface area (Å²) in [6, 6.07) is 0. The number of allylic oxidation sites excluding steroid dienone is 1. The number of hydrogen-bond donors (Lipinski definition) is 0. The topological polar surface area (TPSA) is 29.5 Å². The molecular formula is C8H14ClNO2. The summed E-state index contributed by atoms with van der Waals surface area (Å²) in [4.78, 5) is 12.7. The van der Waals surface area contributed by atoms with Crippen molar-refractivity contribution in [3.8, 4) is 0 Å². The lowest BCUT2D eigenvalue weighted by molar-refractivity contribution is -0.138. The molecule has 0 bridgehead atoms. The lowest BCUT2D eigenvalue weighted by Crippen LogP contribution is -2.19. The number of rotatable bonds is 5. The summed E-state index contributed by atoms with van der Waals surface area (Å²) in [5.74, 6) is 0.000444. The molecule has 0 radical (unpaired) electrons. The van der Waals surface area contributed by atoms with Crippen molar-refractivity contribution in [3.05, 3.63) is 12.2 Å². The van der Waals surface area contributed by atoms with Gasteiger partial charge in [0.2, 0.25) is 0 Å². The normalized spacial score (nSPS) is 11.0. The predicted molar refractivity (Wildman–Crippen MR) is 49.4 cm³/mol. The Bertz CT molecular complexity index is 157. The molecule has 0 aromatic rings. The number of carbonyl (C=O) groups excluding carboxylic acids is 1. The summed E-state index contributed by atoms with van der Waals surface area (Å²) in [6.07, 6.45) is 2.89. The monoisotopic (exact) mass is 191 g/mol. The lowest BCUT2D eigenvalue weighted by atomic mass is 10.5. The molecule has 0 unspecified atom stereocenters. The lowest BCUT2D eigenvalue weighted by Gasteiger charge is -2.08. The van der Waals surface area contributed by atoms with E-state index in [1.54, 1.807) is 6.08 Å². The molecule has 0 amide bonds. The third kappa shape index (κ3) is 7.57. The van der Waals surface area contributed by atoms with Gasteiger partial charge < -0.3 is 9.64 Å². The maximum Gasteiger partial charge on any atom is 0.330 e. The highest BCUT2D eigenvalue weighted by molar-refractivity contribution is 6.19. The molecule has 3 nitrogen and oxygen atoms in total. The number of esters is 1. The number of nitrogens with zero attached hydrogens (tertiary/aromatic N) is 1. The van der Waals surface area contributed by atoms with E-state index in [-0.39, 0.29) is 5.97 Å². The Balaban J connectivity index is 3.38. The Morgan fingerprint density at radius 1 is 1.58 bits per heavy atom. The summed E-state index contributed by atoms with van der Waals surface area (Å²) < 4.78 is 4.83. The highest BCUT2D eigenvalue weighted by Crippen LogP contribution is 1.84. The standard InChI is InChI=1S/C8H14ClNO2/c1-10(2)6-7-12-8(11)4-3-5-9/h3-4H,5-7H2,1-2H3. The van der Waals surface area contributed by atoms with Gasteiger partial charge in [-0.3, -0.25) is 0 Å². The molecule has 0 aromatic carbocycles. The predicted octanol–water partition coefficient (Wildman–Crippen LogP) is 0.886. The molecule has 0 aliphatic carbocycles. The summed E-state index contributed by atoms with van der Waals surface area (Å²) in [6.45, 7) is 1.15. The highest BCUT2D eigenvalue weighted by atomic mass is 35.5. The third-order valence-corrected chi connectivity index (χ3v) is 1.30. The van der Waals surface area contributed by atoms with E-state index in [9.17, 15) is 4.79 Å². The van der Waals surface area contributed by atoms with Crippen LogP contribution in [-0.2, 0) is 9.53 Å². The summed E-state index contributed by atoms with van der Waals surface area (Å²) in [5.41, 5.74) is 0. The van der Waals surface area contributed by atoms with Gasteiger partial charge in [-0.05, 0) is 14.1 Å². The van der Waals surface area contributed by atoms with Crippen LogP contribution in [0.2, 0.25) is 0 Å². The van der Waals surface area contributed by atoms with Crippen LogP contribution in [0, 0.1) is 0 Å². The van der Waals surface area contributed by atoms with Crippen LogP contribution >= 0.6 is 11.6 Å². The number of hydrogen-bond acceptors (Lipinski definition) is 3. The zero-order chi connectivity index (χ0) is 9.40. The van der Waals surface area contributed by atoms with Gasteiger partial charge in [0.15, 0.2) is 0 Å². The second-order valence-electron chi connectivity index (χ2n) is 2.53. The first-order chi connectivity index (χ1) is 5.66. The van der Waals surface area contributed by atoms with E-state index in [0.29, 0.717) is 12.5 Å². The van der Waals surface area contributed by atoms with Crippen LogP contribution in [0.1, 0.15) is 0 Å². The maximum absolute atomic E-state index is 10.8. The van der Waals surface area contributed by atoms with Gasteiger partial charge in [0.1, 0.15) is 6.61 Å². The van der Waals surface area contributed by atoms with E-state index in [2.05, 4.69) is 0 Å². The zero-order valence-corrected chi connectivity index (χ0v) is 8.17. The molecule has 0 N–H and O–H groups in total. The van der Waals surface area contributed by atoms with Crippen molar-refractivity contribution in [2.24, 2.45) is 0 Å². The zero-order valence-electron chi connectivity index (χ0n) is 7.42. The van der Waals surface area contributed by atoms with Crippen LogP contribution in [0.3, 0.4) is 0 Å². The van der Waals surface area contributed by atoms with E-state index < -0.39 is 0 Å². The van der Waals surface area contributed by atoms with E-state index in [1.165, 1.54) is 6.08 Å². The molecular weight excluding hydrogens is 178 g/mol. The van der Waals surface area contributed by atoms with Crippen LogP contribution in [0.4, 0.5) is 0 Å². The van der Waals surface area contributed by atoms with Gasteiger partial charge in [0.05, 0.1) is 0 Å². The van der Waals surface area contributed by atoms with Crippen molar-refractivity contribution in [1.29, 1.82) is 0 Å². The molecule has 0 aliphatic heterocycles. The van der Waals surface area contributed by atoms with E-state index in [0.717, 1.165) is 6.54 Å². The Morgan fingerprint density at radius 3 is 2.75 bits per heavy atom. The first-order valence-electron chi connectivity index (χ1n) is 3.71. The molecule has 12 heavy (non-hydrogen) atoms. The molecule has 0 saturated heterocycles. The van der Waals surface area contributed by atoms with Crippen molar-refractivity contribution < 1.29 is 9.53 Å². The molecule has 0 atom stereocenters. The first kappa shape index (κ1) is 11.5. The molecule has 0 rings (SSSR count). The van der Waals surface area contributed by atoms with Crippen molar-refractivity contribution in [2.75, 3.05) is 33.1 Å². The van der Waals surface area contributed by atoms with Gasteiger partial charge in [-0.2, -0.15) is 0 Å². The first-order valence-corrected chi connectivity index (χ1v) is 4.24. The molecule has 0 aliphatic rings. The average molecular weight is 192 g/mol. The Morgan fingerprint density at radius 2 is 2.25 bits per heavy atom. The molecule has 0 fully saturated rings. The van der Waals surface area contributed by atoms with Crippen LogP contribution in [0.5, 0.6) is 0 Å². The minimum Gasteiger partial charge on any atom is -0.461 e. The highest BCUT2D eigenvalue weighted by Gasteiger charge is 1.95. The quantitative estimate of drug-likeness (QED) is 0.367. The van der Waals surface area contributed by atoms with Gasteiger partial charge >= 0.3 is 5.97 Å². The fourth-order valence-corrected chi connectivity index (χ4v) is 0.607. The van der Waals surface area contributed by atoms with Crippen molar-refractivity contribution in [1.82, 2.24) is 4.90 Å². The summed E-state index contributed by atoms with van der Waals surface area (Å²) >= 11 is 5.33.